The molecule has 1 aromatic carbocycles. The first-order chi connectivity index (χ1) is 12.7. The molecular formula is C19H19N5O2. The quantitative estimate of drug-likeness (QED) is 0.773. The van der Waals surface area contributed by atoms with Crippen LogP contribution in [0.2, 0.25) is 0 Å². The zero-order valence-corrected chi connectivity index (χ0v) is 14.5. The summed E-state index contributed by atoms with van der Waals surface area (Å²) in [5.74, 6) is 1.32. The average molecular weight is 349 g/mol. The fourth-order valence-corrected chi connectivity index (χ4v) is 3.15. The molecule has 4 rings (SSSR count). The molecule has 26 heavy (non-hydrogen) atoms. The van der Waals surface area contributed by atoms with Gasteiger partial charge in [-0.15, -0.1) is 0 Å². The molecule has 132 valence electrons. The molecule has 2 aromatic heterocycles. The minimum absolute atomic E-state index is 0.102. The molecule has 0 amide bonds. The standard InChI is InChI=1S/C19H19N5O2/c1-26-14-4-2-13(3-5-14)11-24-9-6-16-15(12-24)19(25)23-18(22-16)17-10-20-7-8-21-17/h2-5,7-8,10H,6,9,11-12H2,1H3,(H,22,23,25). The third-order valence-corrected chi connectivity index (χ3v) is 4.52. The van der Waals surface area contributed by atoms with E-state index in [1.807, 2.05) is 24.3 Å². The second-order valence-electron chi connectivity index (χ2n) is 6.24. The molecule has 0 radical (unpaired) electrons. The van der Waals surface area contributed by atoms with Crippen LogP contribution in [0.15, 0.2) is 47.7 Å². The van der Waals surface area contributed by atoms with Crippen LogP contribution in [0.3, 0.4) is 0 Å². The van der Waals surface area contributed by atoms with Gasteiger partial charge in [0.1, 0.15) is 11.4 Å². The summed E-state index contributed by atoms with van der Waals surface area (Å²) in [6.07, 6.45) is 5.52. The van der Waals surface area contributed by atoms with Crippen LogP contribution in [0, 0.1) is 0 Å². The molecule has 1 N–H and O–H groups in total. The number of benzene rings is 1. The predicted octanol–water partition coefficient (Wildman–Crippen LogP) is 1.79. The Hall–Kier alpha value is -3.06. The first-order valence-corrected chi connectivity index (χ1v) is 8.46. The lowest BCUT2D eigenvalue weighted by Gasteiger charge is -2.27. The van der Waals surface area contributed by atoms with Crippen molar-refractivity contribution in [1.82, 2.24) is 24.8 Å². The highest BCUT2D eigenvalue weighted by Gasteiger charge is 2.21. The molecule has 3 aromatic rings. The van der Waals surface area contributed by atoms with Gasteiger partial charge in [0, 0.05) is 38.4 Å². The number of nitrogens with one attached hydrogen (secondary N) is 1. The number of ether oxygens (including phenoxy) is 1. The van der Waals surface area contributed by atoms with Crippen molar-refractivity contribution < 1.29 is 4.74 Å². The second kappa shape index (κ2) is 7.05. The molecule has 7 heteroatoms. The second-order valence-corrected chi connectivity index (χ2v) is 6.24. The number of hydrogen-bond acceptors (Lipinski definition) is 6. The Bertz CT molecular complexity index is 954. The van der Waals surface area contributed by atoms with Gasteiger partial charge in [0.25, 0.3) is 5.56 Å². The van der Waals surface area contributed by atoms with Crippen molar-refractivity contribution in [3.63, 3.8) is 0 Å². The van der Waals surface area contributed by atoms with Gasteiger partial charge >= 0.3 is 0 Å². The first kappa shape index (κ1) is 16.4. The van der Waals surface area contributed by atoms with Gasteiger partial charge in [-0.1, -0.05) is 12.1 Å². The summed E-state index contributed by atoms with van der Waals surface area (Å²) in [5.41, 5.74) is 3.25. The van der Waals surface area contributed by atoms with Crippen molar-refractivity contribution >= 4 is 0 Å². The van der Waals surface area contributed by atoms with E-state index in [4.69, 9.17) is 4.74 Å². The van der Waals surface area contributed by atoms with E-state index in [1.165, 1.54) is 5.56 Å². The van der Waals surface area contributed by atoms with Gasteiger partial charge in [0.2, 0.25) is 0 Å². The maximum absolute atomic E-state index is 12.6. The van der Waals surface area contributed by atoms with Gasteiger partial charge in [0.05, 0.1) is 24.6 Å². The van der Waals surface area contributed by atoms with E-state index >= 15 is 0 Å². The maximum atomic E-state index is 12.6. The topological polar surface area (TPSA) is 84.0 Å². The van der Waals surface area contributed by atoms with Crippen LogP contribution >= 0.6 is 0 Å². The van der Waals surface area contributed by atoms with Crippen LogP contribution < -0.4 is 10.3 Å². The SMILES string of the molecule is COc1ccc(CN2CCc3nc(-c4cnccn4)[nH]c(=O)c3C2)cc1. The summed E-state index contributed by atoms with van der Waals surface area (Å²) in [6, 6.07) is 8.01. The molecule has 0 saturated carbocycles. The maximum Gasteiger partial charge on any atom is 0.255 e. The van der Waals surface area contributed by atoms with Gasteiger partial charge in [-0.2, -0.15) is 0 Å². The lowest BCUT2D eigenvalue weighted by atomic mass is 10.1. The highest BCUT2D eigenvalue weighted by atomic mass is 16.5. The summed E-state index contributed by atoms with van der Waals surface area (Å²) < 4.78 is 5.19. The summed E-state index contributed by atoms with van der Waals surface area (Å²) in [4.78, 5) is 30.5. The van der Waals surface area contributed by atoms with E-state index in [1.54, 1.807) is 25.7 Å². The molecule has 1 aliphatic rings. The summed E-state index contributed by atoms with van der Waals surface area (Å²) in [6.45, 7) is 2.23. The highest BCUT2D eigenvalue weighted by molar-refractivity contribution is 5.47. The van der Waals surface area contributed by atoms with Crippen LogP contribution in [-0.2, 0) is 19.5 Å². The summed E-state index contributed by atoms with van der Waals surface area (Å²) >= 11 is 0. The van der Waals surface area contributed by atoms with E-state index in [0.29, 0.717) is 18.1 Å². The van der Waals surface area contributed by atoms with Crippen molar-refractivity contribution in [2.24, 2.45) is 0 Å². The van der Waals surface area contributed by atoms with Gasteiger partial charge in [-0.05, 0) is 17.7 Å². The zero-order chi connectivity index (χ0) is 17.9. The monoisotopic (exact) mass is 349 g/mol. The van der Waals surface area contributed by atoms with Crippen molar-refractivity contribution in [3.8, 4) is 17.3 Å². The van der Waals surface area contributed by atoms with E-state index in [9.17, 15) is 4.79 Å². The fraction of sp³-hybridized carbons (Fsp3) is 0.263. The number of methoxy groups -OCH3 is 1. The Morgan fingerprint density at radius 2 is 2.08 bits per heavy atom. The number of fused-ring (bicyclic) bond motifs is 1. The minimum Gasteiger partial charge on any atom is -0.497 e. The number of H-pyrrole nitrogens is 1. The number of rotatable bonds is 4. The number of aromatic nitrogens is 4. The first-order valence-electron chi connectivity index (χ1n) is 8.46. The van der Waals surface area contributed by atoms with Crippen LogP contribution in [0.25, 0.3) is 11.5 Å². The lowest BCUT2D eigenvalue weighted by Crippen LogP contribution is -2.35. The van der Waals surface area contributed by atoms with Gasteiger partial charge in [0.15, 0.2) is 5.82 Å². The zero-order valence-electron chi connectivity index (χ0n) is 14.5. The normalized spacial score (nSPS) is 14.0. The van der Waals surface area contributed by atoms with Crippen molar-refractivity contribution in [1.29, 1.82) is 0 Å². The van der Waals surface area contributed by atoms with Crippen molar-refractivity contribution in [3.05, 3.63) is 70.0 Å². The number of hydrogen-bond donors (Lipinski definition) is 1. The van der Waals surface area contributed by atoms with Gasteiger partial charge in [-0.3, -0.25) is 14.7 Å². The molecule has 0 spiro atoms. The summed E-state index contributed by atoms with van der Waals surface area (Å²) in [5, 5.41) is 0. The summed E-state index contributed by atoms with van der Waals surface area (Å²) in [7, 11) is 1.66. The van der Waals surface area contributed by atoms with E-state index < -0.39 is 0 Å². The molecule has 0 fully saturated rings. The molecule has 7 nitrogen and oxygen atoms in total. The third-order valence-electron chi connectivity index (χ3n) is 4.52. The van der Waals surface area contributed by atoms with Crippen molar-refractivity contribution in [2.45, 2.75) is 19.5 Å². The third kappa shape index (κ3) is 3.34. The minimum atomic E-state index is -0.102. The molecule has 1 aliphatic heterocycles. The Balaban J connectivity index is 1.54. The predicted molar refractivity (Wildman–Crippen MR) is 96.7 cm³/mol. The van der Waals surface area contributed by atoms with Gasteiger partial charge in [-0.25, -0.2) is 9.97 Å². The molecule has 0 aliphatic carbocycles. The molecule has 3 heterocycles. The number of aromatic amines is 1. The Labute approximate surface area is 150 Å². The van der Waals surface area contributed by atoms with Crippen molar-refractivity contribution in [2.75, 3.05) is 13.7 Å². The smallest absolute Gasteiger partial charge is 0.255 e. The Kier molecular flexibility index (Phi) is 4.45. The molecule has 0 bridgehead atoms. The van der Waals surface area contributed by atoms with Crippen LogP contribution in [-0.4, -0.2) is 38.5 Å². The van der Waals surface area contributed by atoms with E-state index in [2.05, 4.69) is 24.8 Å². The fourth-order valence-electron chi connectivity index (χ4n) is 3.15. The van der Waals surface area contributed by atoms with Crippen LogP contribution in [0.1, 0.15) is 16.8 Å². The van der Waals surface area contributed by atoms with Crippen LogP contribution in [0.5, 0.6) is 5.75 Å². The molecular weight excluding hydrogens is 330 g/mol. The van der Waals surface area contributed by atoms with E-state index in [-0.39, 0.29) is 5.56 Å². The average Bonchev–Trinajstić information content (AvgIpc) is 2.69. The van der Waals surface area contributed by atoms with Gasteiger partial charge < -0.3 is 9.72 Å². The largest absolute Gasteiger partial charge is 0.497 e. The Morgan fingerprint density at radius 3 is 2.81 bits per heavy atom. The van der Waals surface area contributed by atoms with Crippen LogP contribution in [0.4, 0.5) is 0 Å². The molecule has 0 atom stereocenters. The molecule has 0 unspecified atom stereocenters. The van der Waals surface area contributed by atoms with E-state index in [0.717, 1.165) is 36.5 Å². The number of nitrogens with zero attached hydrogens (tertiary/aromatic N) is 4. The molecule has 0 saturated heterocycles. The highest BCUT2D eigenvalue weighted by Crippen LogP contribution is 2.19. The Morgan fingerprint density at radius 1 is 1.23 bits per heavy atom. The lowest BCUT2D eigenvalue weighted by molar-refractivity contribution is 0.241.